The van der Waals surface area contributed by atoms with Gasteiger partial charge in [-0.2, -0.15) is 0 Å². The van der Waals surface area contributed by atoms with Gasteiger partial charge in [-0.25, -0.2) is 0 Å². The molecule has 2 atom stereocenters. The van der Waals surface area contributed by atoms with Crippen LogP contribution in [-0.4, -0.2) is 47.8 Å². The van der Waals surface area contributed by atoms with Crippen molar-refractivity contribution in [3.05, 3.63) is 0 Å². The van der Waals surface area contributed by atoms with Gasteiger partial charge < -0.3 is 14.7 Å². The van der Waals surface area contributed by atoms with Crippen LogP contribution in [0, 0.1) is 28.6 Å². The van der Waals surface area contributed by atoms with Gasteiger partial charge >= 0.3 is 0 Å². The molecule has 6 rings (SSSR count). The number of ether oxygens (including phenoxy) is 1. The Bertz CT molecular complexity index is 514. The summed E-state index contributed by atoms with van der Waals surface area (Å²) in [6, 6.07) is 0. The van der Waals surface area contributed by atoms with Crippen LogP contribution in [0.25, 0.3) is 0 Å². The Kier molecular flexibility index (Phi) is 3.77. The van der Waals surface area contributed by atoms with E-state index in [-0.39, 0.29) is 23.0 Å². The Morgan fingerprint density at radius 2 is 1.60 bits per heavy atom. The van der Waals surface area contributed by atoms with Crippen LogP contribution in [0.1, 0.15) is 64.7 Å². The molecule has 25 heavy (non-hydrogen) atoms. The van der Waals surface area contributed by atoms with Crippen LogP contribution in [-0.2, 0) is 9.53 Å². The van der Waals surface area contributed by atoms with E-state index in [0.717, 1.165) is 76.0 Å². The first-order valence-electron chi connectivity index (χ1n) is 10.6. The number of nitrogens with zero attached hydrogens (tertiary/aromatic N) is 1. The number of likely N-dealkylation sites (tertiary alicyclic amines) is 1. The first kappa shape index (κ1) is 16.6. The molecule has 4 heteroatoms. The molecule has 1 aliphatic heterocycles. The number of rotatable bonds is 3. The molecule has 0 aromatic heterocycles. The second-order valence-electron chi connectivity index (χ2n) is 9.92. The zero-order chi connectivity index (χ0) is 17.2. The molecule has 5 aliphatic carbocycles. The van der Waals surface area contributed by atoms with Crippen LogP contribution in [0.3, 0.4) is 0 Å². The monoisotopic (exact) mass is 347 g/mol. The first-order chi connectivity index (χ1) is 12.0. The quantitative estimate of drug-likeness (QED) is 0.854. The number of aliphatic hydroxyl groups is 1. The summed E-state index contributed by atoms with van der Waals surface area (Å²) in [5.74, 6) is 2.93. The van der Waals surface area contributed by atoms with Gasteiger partial charge in [-0.05, 0) is 76.0 Å². The van der Waals surface area contributed by atoms with Crippen LogP contribution in [0.15, 0.2) is 0 Å². The highest BCUT2D eigenvalue weighted by molar-refractivity contribution is 5.83. The molecule has 0 radical (unpaired) electrons. The Hall–Kier alpha value is -0.610. The predicted octanol–water partition coefficient (Wildman–Crippen LogP) is 2.98. The number of carbonyl (C=O) groups excluding carboxylic acids is 1. The number of amides is 1. The average Bonchev–Trinajstić information content (AvgIpc) is 2.60. The van der Waals surface area contributed by atoms with Crippen LogP contribution >= 0.6 is 0 Å². The summed E-state index contributed by atoms with van der Waals surface area (Å²) >= 11 is 0. The van der Waals surface area contributed by atoms with Crippen LogP contribution in [0.4, 0.5) is 0 Å². The standard InChI is InChI=1S/C21H33NO3/c1-2-25-18-10-17(23)21(18)3-5-22(6-4-21)19(24)20-11-14-7-15(12-20)9-16(8-14)13-20/h14-18,23H,2-13H2,1H3/t14?,15?,16?,17-,18-,20?/m1/s1. The molecule has 6 aliphatic rings. The SMILES string of the molecule is CCO[C@@H]1C[C@@H](O)C12CCN(C(=O)C13CC4CC(CC(C4)C1)C3)CC2. The molecule has 1 heterocycles. The second-order valence-corrected chi connectivity index (χ2v) is 9.92. The highest BCUT2D eigenvalue weighted by atomic mass is 16.5. The first-order valence-corrected chi connectivity index (χ1v) is 10.6. The van der Waals surface area contributed by atoms with Crippen LogP contribution in [0.5, 0.6) is 0 Å². The third kappa shape index (κ3) is 2.36. The van der Waals surface area contributed by atoms with Crippen molar-refractivity contribution in [3.63, 3.8) is 0 Å². The van der Waals surface area contributed by atoms with Crippen molar-refractivity contribution in [1.82, 2.24) is 4.90 Å². The van der Waals surface area contributed by atoms with Crippen molar-refractivity contribution in [1.29, 1.82) is 0 Å². The van der Waals surface area contributed by atoms with Gasteiger partial charge in [0, 0.05) is 31.5 Å². The average molecular weight is 347 g/mol. The van der Waals surface area contributed by atoms with Crippen molar-refractivity contribution in [2.24, 2.45) is 28.6 Å². The van der Waals surface area contributed by atoms with E-state index in [1.807, 2.05) is 6.92 Å². The Labute approximate surface area is 151 Å². The van der Waals surface area contributed by atoms with E-state index in [1.54, 1.807) is 0 Å². The van der Waals surface area contributed by atoms with E-state index < -0.39 is 0 Å². The normalized spacial score (nSPS) is 47.1. The van der Waals surface area contributed by atoms with Crippen molar-refractivity contribution in [2.45, 2.75) is 76.9 Å². The lowest BCUT2D eigenvalue weighted by Gasteiger charge is -2.59. The highest BCUT2D eigenvalue weighted by Gasteiger charge is 2.59. The van der Waals surface area contributed by atoms with Gasteiger partial charge in [0.1, 0.15) is 0 Å². The summed E-state index contributed by atoms with van der Waals surface area (Å²) in [6.07, 6.45) is 10.2. The lowest BCUT2D eigenvalue weighted by molar-refractivity contribution is -0.212. The molecule has 1 spiro atoms. The van der Waals surface area contributed by atoms with E-state index in [9.17, 15) is 9.90 Å². The fourth-order valence-electron chi connectivity index (χ4n) is 7.65. The third-order valence-corrected chi connectivity index (χ3v) is 8.58. The Morgan fingerprint density at radius 1 is 1.04 bits per heavy atom. The molecular formula is C21H33NO3. The van der Waals surface area contributed by atoms with Crippen molar-refractivity contribution < 1.29 is 14.6 Å². The summed E-state index contributed by atoms with van der Waals surface area (Å²) < 4.78 is 5.87. The van der Waals surface area contributed by atoms with Gasteiger partial charge in [0.2, 0.25) is 5.91 Å². The van der Waals surface area contributed by atoms with Gasteiger partial charge in [0.15, 0.2) is 0 Å². The minimum atomic E-state index is -0.235. The summed E-state index contributed by atoms with van der Waals surface area (Å²) in [5, 5.41) is 10.4. The minimum Gasteiger partial charge on any atom is -0.392 e. The summed E-state index contributed by atoms with van der Waals surface area (Å²) in [6.45, 7) is 4.39. The van der Waals surface area contributed by atoms with Gasteiger partial charge in [-0.15, -0.1) is 0 Å². The predicted molar refractivity (Wildman–Crippen MR) is 94.9 cm³/mol. The molecule has 5 saturated carbocycles. The van der Waals surface area contributed by atoms with Gasteiger partial charge in [-0.1, -0.05) is 0 Å². The molecule has 4 nitrogen and oxygen atoms in total. The van der Waals surface area contributed by atoms with Crippen molar-refractivity contribution >= 4 is 5.91 Å². The number of aliphatic hydroxyl groups excluding tert-OH is 1. The van der Waals surface area contributed by atoms with E-state index in [1.165, 1.54) is 19.3 Å². The van der Waals surface area contributed by atoms with E-state index >= 15 is 0 Å². The molecule has 0 aromatic carbocycles. The molecule has 1 amide bonds. The van der Waals surface area contributed by atoms with Crippen LogP contribution < -0.4 is 0 Å². The molecule has 1 saturated heterocycles. The summed E-state index contributed by atoms with van der Waals surface area (Å²) in [5.41, 5.74) is -0.0922. The topological polar surface area (TPSA) is 49.8 Å². The second kappa shape index (κ2) is 5.69. The lowest BCUT2D eigenvalue weighted by atomic mass is 9.49. The van der Waals surface area contributed by atoms with E-state index in [2.05, 4.69) is 4.90 Å². The molecule has 0 unspecified atom stereocenters. The third-order valence-electron chi connectivity index (χ3n) is 8.58. The van der Waals surface area contributed by atoms with E-state index in [0.29, 0.717) is 5.91 Å². The molecule has 140 valence electrons. The van der Waals surface area contributed by atoms with E-state index in [4.69, 9.17) is 4.74 Å². The zero-order valence-corrected chi connectivity index (χ0v) is 15.6. The lowest BCUT2D eigenvalue weighted by Crippen LogP contribution is -2.64. The van der Waals surface area contributed by atoms with Gasteiger partial charge in [0.25, 0.3) is 0 Å². The maximum atomic E-state index is 13.5. The highest BCUT2D eigenvalue weighted by Crippen LogP contribution is 2.61. The van der Waals surface area contributed by atoms with Crippen molar-refractivity contribution in [2.75, 3.05) is 19.7 Å². The fraction of sp³-hybridized carbons (Fsp3) is 0.952. The number of hydrogen-bond donors (Lipinski definition) is 1. The molecule has 4 bridgehead atoms. The van der Waals surface area contributed by atoms with Crippen molar-refractivity contribution in [3.8, 4) is 0 Å². The molecule has 0 aromatic rings. The zero-order valence-electron chi connectivity index (χ0n) is 15.6. The molecule has 1 N–H and O–H groups in total. The smallest absolute Gasteiger partial charge is 0.228 e. The maximum Gasteiger partial charge on any atom is 0.228 e. The minimum absolute atomic E-state index is 0.0171. The molecule has 6 fully saturated rings. The molecular weight excluding hydrogens is 314 g/mol. The van der Waals surface area contributed by atoms with Gasteiger partial charge in [-0.3, -0.25) is 4.79 Å². The van der Waals surface area contributed by atoms with Gasteiger partial charge in [0.05, 0.1) is 17.6 Å². The summed E-state index contributed by atoms with van der Waals surface area (Å²) in [7, 11) is 0. The fourth-order valence-corrected chi connectivity index (χ4v) is 7.65. The maximum absolute atomic E-state index is 13.5. The van der Waals surface area contributed by atoms with Crippen LogP contribution in [0.2, 0.25) is 0 Å². The number of piperidine rings is 1. The summed E-state index contributed by atoms with van der Waals surface area (Å²) in [4.78, 5) is 15.6. The largest absolute Gasteiger partial charge is 0.392 e. The Balaban J connectivity index is 1.28. The number of carbonyl (C=O) groups is 1. The Morgan fingerprint density at radius 3 is 2.08 bits per heavy atom. The number of hydrogen-bond acceptors (Lipinski definition) is 3.